The summed E-state index contributed by atoms with van der Waals surface area (Å²) in [6.45, 7) is 0. The maximum absolute atomic E-state index is 13.4. The quantitative estimate of drug-likeness (QED) is 0.369. The van der Waals surface area contributed by atoms with Crippen LogP contribution in [-0.2, 0) is 12.8 Å². The minimum atomic E-state index is -0.164. The van der Waals surface area contributed by atoms with Crippen LogP contribution in [0.25, 0.3) is 17.1 Å². The summed E-state index contributed by atoms with van der Waals surface area (Å²) in [5, 5.41) is 0.334. The van der Waals surface area contributed by atoms with Gasteiger partial charge in [-0.3, -0.25) is 9.36 Å². The van der Waals surface area contributed by atoms with Gasteiger partial charge in [-0.2, -0.15) is 0 Å². The topological polar surface area (TPSA) is 72.8 Å². The highest BCUT2D eigenvalue weighted by Crippen LogP contribution is 2.26. The van der Waals surface area contributed by atoms with Gasteiger partial charge in [-0.25, -0.2) is 9.97 Å². The average molecular weight is 457 g/mol. The van der Waals surface area contributed by atoms with Crippen LogP contribution in [0.1, 0.15) is 22.5 Å². The van der Waals surface area contributed by atoms with E-state index in [1.165, 1.54) is 0 Å². The number of nitrogens with zero attached hydrogens (tertiary/aromatic N) is 3. The second kappa shape index (κ2) is 8.92. The first-order chi connectivity index (χ1) is 16.1. The van der Waals surface area contributed by atoms with Gasteiger partial charge in [-0.1, -0.05) is 72.3 Å². The van der Waals surface area contributed by atoms with Gasteiger partial charge < -0.3 is 9.72 Å². The van der Waals surface area contributed by atoms with Crippen molar-refractivity contribution in [1.82, 2.24) is 19.5 Å². The highest BCUT2D eigenvalue weighted by molar-refractivity contribution is 6.29. The molecule has 0 bridgehead atoms. The largest absolute Gasteiger partial charge is 0.496 e. The van der Waals surface area contributed by atoms with Gasteiger partial charge in [0, 0.05) is 36.9 Å². The summed E-state index contributed by atoms with van der Waals surface area (Å²) in [4.78, 5) is 25.8. The number of aromatic nitrogens is 4. The van der Waals surface area contributed by atoms with E-state index in [-0.39, 0.29) is 5.56 Å². The van der Waals surface area contributed by atoms with Gasteiger partial charge in [0.2, 0.25) is 0 Å². The van der Waals surface area contributed by atoms with Crippen LogP contribution in [0.15, 0.2) is 83.9 Å². The van der Waals surface area contributed by atoms with Gasteiger partial charge in [-0.15, -0.1) is 0 Å². The molecule has 33 heavy (non-hydrogen) atoms. The first-order valence-corrected chi connectivity index (χ1v) is 10.9. The van der Waals surface area contributed by atoms with Crippen molar-refractivity contribution in [2.45, 2.75) is 12.8 Å². The lowest BCUT2D eigenvalue weighted by atomic mass is 10.1. The summed E-state index contributed by atoms with van der Waals surface area (Å²) in [5.74, 6) is 1.19. The number of benzene rings is 2. The molecule has 0 fully saturated rings. The van der Waals surface area contributed by atoms with Crippen LogP contribution in [0.5, 0.6) is 5.75 Å². The van der Waals surface area contributed by atoms with Crippen LogP contribution < -0.4 is 10.3 Å². The van der Waals surface area contributed by atoms with Gasteiger partial charge in [0.1, 0.15) is 16.6 Å². The maximum atomic E-state index is 13.4. The number of hydrogen-bond acceptors (Lipinski definition) is 4. The molecule has 2 aliphatic heterocycles. The summed E-state index contributed by atoms with van der Waals surface area (Å²) in [6.07, 6.45) is 4.35. The molecule has 1 aromatic heterocycles. The highest BCUT2D eigenvalue weighted by Gasteiger charge is 2.21. The molecule has 6 nitrogen and oxygen atoms in total. The molecular formula is C26H21ClN4O2. The van der Waals surface area contributed by atoms with Crippen molar-refractivity contribution in [3.05, 3.63) is 117 Å². The van der Waals surface area contributed by atoms with E-state index in [2.05, 4.69) is 22.1 Å². The average Bonchev–Trinajstić information content (AvgIpc) is 3.17. The lowest BCUT2D eigenvalue weighted by Crippen LogP contribution is -2.18. The summed E-state index contributed by atoms with van der Waals surface area (Å²) in [5.41, 5.74) is 4.84. The Bertz CT molecular complexity index is 1430. The Morgan fingerprint density at radius 3 is 2.48 bits per heavy atom. The lowest BCUT2D eigenvalue weighted by Gasteiger charge is -2.13. The molecule has 0 saturated carbocycles. The van der Waals surface area contributed by atoms with Crippen molar-refractivity contribution in [2.24, 2.45) is 0 Å². The van der Waals surface area contributed by atoms with E-state index in [1.54, 1.807) is 23.9 Å². The lowest BCUT2D eigenvalue weighted by molar-refractivity contribution is 0.410. The van der Waals surface area contributed by atoms with Gasteiger partial charge >= 0.3 is 0 Å². The molecule has 2 aliphatic rings. The Kier molecular flexibility index (Phi) is 5.67. The van der Waals surface area contributed by atoms with E-state index >= 15 is 0 Å². The molecule has 0 atom stereocenters. The van der Waals surface area contributed by atoms with E-state index in [9.17, 15) is 4.79 Å². The Morgan fingerprint density at radius 1 is 1.03 bits per heavy atom. The van der Waals surface area contributed by atoms with Crippen molar-refractivity contribution in [2.75, 3.05) is 7.11 Å². The summed E-state index contributed by atoms with van der Waals surface area (Å²) in [6, 6.07) is 21.7. The number of methoxy groups -OCH3 is 1. The smallest absolute Gasteiger partial charge is 0.278 e. The third kappa shape index (κ3) is 4.25. The second-order valence-corrected chi connectivity index (χ2v) is 8.11. The van der Waals surface area contributed by atoms with E-state index < -0.39 is 0 Å². The number of pyridine rings is 1. The Morgan fingerprint density at radius 2 is 1.76 bits per heavy atom. The van der Waals surface area contributed by atoms with Crippen LogP contribution >= 0.6 is 11.6 Å². The number of imidazole rings is 1. The van der Waals surface area contributed by atoms with Gasteiger partial charge in [0.25, 0.3) is 5.56 Å². The zero-order chi connectivity index (χ0) is 22.8. The number of nitrogens with one attached hydrogen (secondary N) is 1. The maximum Gasteiger partial charge on any atom is 0.278 e. The predicted octanol–water partition coefficient (Wildman–Crippen LogP) is 4.90. The monoisotopic (exact) mass is 456 g/mol. The normalized spacial score (nSPS) is 11.1. The van der Waals surface area contributed by atoms with Crippen molar-refractivity contribution in [3.8, 4) is 22.8 Å². The van der Waals surface area contributed by atoms with E-state index in [1.807, 2.05) is 54.7 Å². The molecule has 7 heteroatoms. The van der Waals surface area contributed by atoms with Gasteiger partial charge in [0.05, 0.1) is 18.5 Å². The van der Waals surface area contributed by atoms with E-state index in [0.29, 0.717) is 35.3 Å². The number of H-pyrrole nitrogens is 1. The molecule has 0 spiro atoms. The molecule has 0 amide bonds. The minimum absolute atomic E-state index is 0.164. The molecule has 0 saturated heterocycles. The van der Waals surface area contributed by atoms with Gasteiger partial charge in [0.15, 0.2) is 5.82 Å². The summed E-state index contributed by atoms with van der Waals surface area (Å²) in [7, 11) is 1.57. The molecule has 2 aromatic carbocycles. The predicted molar refractivity (Wildman–Crippen MR) is 129 cm³/mol. The fraction of sp³-hybridized carbons (Fsp3) is 0.115. The van der Waals surface area contributed by atoms with Crippen LogP contribution in [0.3, 0.4) is 0 Å². The number of aromatic amines is 1. The second-order valence-electron chi connectivity index (χ2n) is 7.73. The van der Waals surface area contributed by atoms with Crippen molar-refractivity contribution in [3.63, 3.8) is 0 Å². The molecule has 5 rings (SSSR count). The summed E-state index contributed by atoms with van der Waals surface area (Å²) >= 11 is 5.99. The number of halogens is 1. The van der Waals surface area contributed by atoms with Crippen LogP contribution in [0, 0.1) is 0 Å². The number of hydrogen-bond donors (Lipinski definition) is 1. The van der Waals surface area contributed by atoms with Crippen LogP contribution in [0.2, 0.25) is 5.15 Å². The fourth-order valence-electron chi connectivity index (χ4n) is 3.92. The standard InChI is InChI=1S/C26H21ClN4O2/c1-33-23-14-24(27)28-15-19(23)13-21-26(32)31-16-22(18-10-6-3-7-11-18)29-20(25(31)30-21)12-17-8-4-2-5-9-17/h2-11,14-16,29H,12-13H2,1H3. The van der Waals surface area contributed by atoms with E-state index in [0.717, 1.165) is 28.1 Å². The van der Waals surface area contributed by atoms with Crippen molar-refractivity contribution >= 4 is 11.6 Å². The van der Waals surface area contributed by atoms with E-state index in [4.69, 9.17) is 21.3 Å². The molecule has 0 aliphatic carbocycles. The molecule has 1 N–H and O–H groups in total. The summed E-state index contributed by atoms with van der Waals surface area (Å²) < 4.78 is 7.05. The SMILES string of the molecule is COc1cc(Cl)ncc1Cc1nc2c(Cc3ccccc3)[nH]c(-c3ccccc3)cn-2c1=O. The zero-order valence-corrected chi connectivity index (χ0v) is 18.7. The minimum Gasteiger partial charge on any atom is -0.496 e. The van der Waals surface area contributed by atoms with Crippen molar-refractivity contribution in [1.29, 1.82) is 0 Å². The van der Waals surface area contributed by atoms with Crippen molar-refractivity contribution < 1.29 is 4.74 Å². The number of fused-ring (bicyclic) bond motifs is 1. The molecule has 3 heterocycles. The molecule has 0 unspecified atom stereocenters. The van der Waals surface area contributed by atoms with Crippen LogP contribution in [-0.4, -0.2) is 26.6 Å². The first-order valence-electron chi connectivity index (χ1n) is 10.5. The van der Waals surface area contributed by atoms with Gasteiger partial charge in [-0.05, 0) is 11.1 Å². The Hall–Kier alpha value is -3.90. The molecule has 0 radical (unpaired) electrons. The first kappa shape index (κ1) is 21.0. The number of ether oxygens (including phenoxy) is 1. The third-order valence-corrected chi connectivity index (χ3v) is 5.75. The Balaban J connectivity index is 1.64. The highest BCUT2D eigenvalue weighted by atomic mass is 35.5. The molecule has 3 aromatic rings. The molecule has 164 valence electrons. The molecular weight excluding hydrogens is 436 g/mol. The third-order valence-electron chi connectivity index (χ3n) is 5.55. The Labute approximate surface area is 195 Å². The fourth-order valence-corrected chi connectivity index (χ4v) is 4.07. The number of rotatable bonds is 6. The van der Waals surface area contributed by atoms with Crippen LogP contribution in [0.4, 0.5) is 0 Å². The zero-order valence-electron chi connectivity index (χ0n) is 18.0.